The smallest absolute Gasteiger partial charge is 0.250 e. The summed E-state index contributed by atoms with van der Waals surface area (Å²) in [5.41, 5.74) is 5.71. The normalized spacial score (nSPS) is 17.7. The highest BCUT2D eigenvalue weighted by molar-refractivity contribution is 6.66. The van der Waals surface area contributed by atoms with Gasteiger partial charge >= 0.3 is 0 Å². The quantitative estimate of drug-likeness (QED) is 0.691. The zero-order valence-corrected chi connectivity index (χ0v) is 13.9. The van der Waals surface area contributed by atoms with Crippen molar-refractivity contribution in [1.82, 2.24) is 20.3 Å². The van der Waals surface area contributed by atoms with Gasteiger partial charge in [0.2, 0.25) is 15.7 Å². The van der Waals surface area contributed by atoms with Crippen LogP contribution in [0.1, 0.15) is 12.7 Å². The third kappa shape index (κ3) is 4.96. The summed E-state index contributed by atoms with van der Waals surface area (Å²) in [6.07, 6.45) is 0. The summed E-state index contributed by atoms with van der Waals surface area (Å²) in [6.45, 7) is 5.69. The minimum Gasteiger partial charge on any atom is -0.353 e. The molecule has 1 aliphatic rings. The molecule has 1 saturated heterocycles. The van der Waals surface area contributed by atoms with Crippen molar-refractivity contribution in [3.63, 3.8) is 0 Å². The number of aromatic nitrogens is 3. The third-order valence-corrected chi connectivity index (χ3v) is 3.37. The highest BCUT2D eigenvalue weighted by atomic mass is 35.6. The maximum absolute atomic E-state index is 5.90. The zero-order chi connectivity index (χ0) is 15.5. The first kappa shape index (κ1) is 16.8. The molecular formula is C11H18Cl3N7. The topological polar surface area (TPSA) is 92.0 Å². The number of nitrogens with zero attached hydrogens (tertiary/aromatic N) is 4. The molecule has 0 bridgehead atoms. The second kappa shape index (κ2) is 7.11. The molecule has 1 aliphatic heterocycles. The van der Waals surface area contributed by atoms with Crippen LogP contribution in [-0.2, 0) is 3.79 Å². The Morgan fingerprint density at radius 1 is 1.29 bits per heavy atom. The Kier molecular flexibility index (Phi) is 5.67. The van der Waals surface area contributed by atoms with E-state index in [1.54, 1.807) is 0 Å². The Morgan fingerprint density at radius 2 is 1.95 bits per heavy atom. The number of hydrogen-bond donors (Lipinski definition) is 3. The van der Waals surface area contributed by atoms with Crippen LogP contribution in [0.4, 0.5) is 11.9 Å². The van der Waals surface area contributed by atoms with Gasteiger partial charge in [0.05, 0.1) is 0 Å². The fraction of sp³-hybridized carbons (Fsp3) is 0.727. The maximum atomic E-state index is 5.90. The van der Waals surface area contributed by atoms with Crippen molar-refractivity contribution in [2.45, 2.75) is 16.8 Å². The van der Waals surface area contributed by atoms with Gasteiger partial charge in [-0.15, -0.1) is 0 Å². The van der Waals surface area contributed by atoms with Crippen molar-refractivity contribution in [3.05, 3.63) is 5.82 Å². The summed E-state index contributed by atoms with van der Waals surface area (Å²) in [5, 5.41) is 6.29. The molecule has 0 radical (unpaired) electrons. The van der Waals surface area contributed by atoms with E-state index in [9.17, 15) is 0 Å². The van der Waals surface area contributed by atoms with Gasteiger partial charge in [-0.25, -0.2) is 0 Å². The van der Waals surface area contributed by atoms with Gasteiger partial charge < -0.3 is 21.3 Å². The lowest BCUT2D eigenvalue weighted by Crippen LogP contribution is -2.44. The molecule has 4 N–H and O–H groups in total. The first-order valence-electron chi connectivity index (χ1n) is 6.64. The second-order valence-corrected chi connectivity index (χ2v) is 7.16. The van der Waals surface area contributed by atoms with Crippen LogP contribution in [0.2, 0.25) is 0 Å². The molecule has 0 amide bonds. The molecule has 0 saturated carbocycles. The number of nitrogens with one attached hydrogen (secondary N) is 2. The van der Waals surface area contributed by atoms with E-state index in [1.165, 1.54) is 0 Å². The maximum Gasteiger partial charge on any atom is 0.250 e. The van der Waals surface area contributed by atoms with Crippen molar-refractivity contribution < 1.29 is 0 Å². The van der Waals surface area contributed by atoms with Crippen LogP contribution in [0.3, 0.4) is 0 Å². The van der Waals surface area contributed by atoms with Gasteiger partial charge in [0.25, 0.3) is 0 Å². The van der Waals surface area contributed by atoms with E-state index < -0.39 is 3.79 Å². The van der Waals surface area contributed by atoms with E-state index in [1.807, 2.05) is 11.8 Å². The van der Waals surface area contributed by atoms with E-state index >= 15 is 0 Å². The first-order chi connectivity index (χ1) is 9.86. The predicted molar refractivity (Wildman–Crippen MR) is 86.3 cm³/mol. The lowest BCUT2D eigenvalue weighted by atomic mass is 10.4. The van der Waals surface area contributed by atoms with Crippen LogP contribution in [0.25, 0.3) is 0 Å². The predicted octanol–water partition coefficient (Wildman–Crippen LogP) is 0.867. The SMILES string of the molecule is CC(N)CNc1nc(N2CCNCC2)nc(C(Cl)(Cl)Cl)n1. The molecule has 1 fully saturated rings. The Labute approximate surface area is 138 Å². The highest BCUT2D eigenvalue weighted by Crippen LogP contribution is 2.36. The van der Waals surface area contributed by atoms with E-state index in [-0.39, 0.29) is 11.9 Å². The van der Waals surface area contributed by atoms with E-state index in [2.05, 4.69) is 25.6 Å². The summed E-state index contributed by atoms with van der Waals surface area (Å²) in [6, 6.07) is -0.0411. The number of halogens is 3. The highest BCUT2D eigenvalue weighted by Gasteiger charge is 2.29. The average Bonchev–Trinajstić information content (AvgIpc) is 2.45. The van der Waals surface area contributed by atoms with Gasteiger partial charge in [-0.1, -0.05) is 34.8 Å². The molecule has 2 heterocycles. The second-order valence-electron chi connectivity index (χ2n) is 4.88. The van der Waals surface area contributed by atoms with Gasteiger partial charge in [0, 0.05) is 38.8 Å². The summed E-state index contributed by atoms with van der Waals surface area (Å²) < 4.78 is -1.70. The number of anilines is 2. The van der Waals surface area contributed by atoms with Gasteiger partial charge in [-0.2, -0.15) is 15.0 Å². The Balaban J connectivity index is 2.27. The molecular weight excluding hydrogens is 337 g/mol. The molecule has 10 heteroatoms. The zero-order valence-electron chi connectivity index (χ0n) is 11.6. The van der Waals surface area contributed by atoms with Crippen LogP contribution < -0.4 is 21.3 Å². The number of alkyl halides is 3. The van der Waals surface area contributed by atoms with E-state index in [0.29, 0.717) is 18.4 Å². The Morgan fingerprint density at radius 3 is 2.52 bits per heavy atom. The van der Waals surface area contributed by atoms with Crippen molar-refractivity contribution in [3.8, 4) is 0 Å². The molecule has 118 valence electrons. The summed E-state index contributed by atoms with van der Waals surface area (Å²) in [5.74, 6) is 0.959. The number of hydrogen-bond acceptors (Lipinski definition) is 7. The van der Waals surface area contributed by atoms with Crippen LogP contribution >= 0.6 is 34.8 Å². The Hall–Kier alpha value is -0.600. The molecule has 2 rings (SSSR count). The van der Waals surface area contributed by atoms with Crippen LogP contribution in [0, 0.1) is 0 Å². The number of rotatable bonds is 4. The monoisotopic (exact) mass is 353 g/mol. The molecule has 21 heavy (non-hydrogen) atoms. The molecule has 0 aromatic carbocycles. The minimum absolute atomic E-state index is 0.0411. The summed E-state index contributed by atoms with van der Waals surface area (Å²) in [7, 11) is 0. The van der Waals surface area contributed by atoms with Gasteiger partial charge in [0.15, 0.2) is 5.82 Å². The van der Waals surface area contributed by atoms with Crippen molar-refractivity contribution in [2.75, 3.05) is 42.9 Å². The molecule has 1 atom stereocenters. The van der Waals surface area contributed by atoms with Crippen LogP contribution in [0.15, 0.2) is 0 Å². The molecule has 7 nitrogen and oxygen atoms in total. The van der Waals surface area contributed by atoms with Gasteiger partial charge in [0.1, 0.15) is 0 Å². The molecule has 0 aliphatic carbocycles. The average molecular weight is 355 g/mol. The summed E-state index contributed by atoms with van der Waals surface area (Å²) >= 11 is 17.7. The lowest BCUT2D eigenvalue weighted by Gasteiger charge is -2.28. The number of nitrogens with two attached hydrogens (primary N) is 1. The Bertz CT molecular complexity index is 471. The van der Waals surface area contributed by atoms with Crippen molar-refractivity contribution in [1.29, 1.82) is 0 Å². The molecule has 1 unspecified atom stereocenters. The van der Waals surface area contributed by atoms with Gasteiger partial charge in [-0.3, -0.25) is 0 Å². The van der Waals surface area contributed by atoms with Crippen LogP contribution in [0.5, 0.6) is 0 Å². The fourth-order valence-electron chi connectivity index (χ4n) is 1.83. The van der Waals surface area contributed by atoms with E-state index in [4.69, 9.17) is 40.5 Å². The first-order valence-corrected chi connectivity index (χ1v) is 7.78. The standard InChI is InChI=1S/C11H18Cl3N7/c1-7(15)6-17-9-18-8(11(12,13)14)19-10(20-9)21-4-2-16-3-5-21/h7,16H,2-6,15H2,1H3,(H,17,18,19,20). The molecule has 1 aromatic rings. The molecule has 0 spiro atoms. The fourth-order valence-corrected chi connectivity index (χ4v) is 2.08. The van der Waals surface area contributed by atoms with Gasteiger partial charge in [-0.05, 0) is 6.92 Å². The lowest BCUT2D eigenvalue weighted by molar-refractivity contribution is 0.577. The largest absolute Gasteiger partial charge is 0.353 e. The molecule has 1 aromatic heterocycles. The van der Waals surface area contributed by atoms with E-state index in [0.717, 1.165) is 26.2 Å². The van der Waals surface area contributed by atoms with Crippen molar-refractivity contribution in [2.24, 2.45) is 5.73 Å². The number of piperazine rings is 1. The van der Waals surface area contributed by atoms with Crippen LogP contribution in [-0.4, -0.2) is 53.7 Å². The third-order valence-electron chi connectivity index (χ3n) is 2.86. The minimum atomic E-state index is -1.70. The van der Waals surface area contributed by atoms with Crippen molar-refractivity contribution >= 4 is 46.7 Å². The summed E-state index contributed by atoms with van der Waals surface area (Å²) in [4.78, 5) is 14.8.